The Hall–Kier alpha value is -2.35. The van der Waals surface area contributed by atoms with Crippen LogP contribution in [0.1, 0.15) is 25.1 Å². The predicted molar refractivity (Wildman–Crippen MR) is 115 cm³/mol. The van der Waals surface area contributed by atoms with Gasteiger partial charge in [-0.25, -0.2) is 4.90 Å². The van der Waals surface area contributed by atoms with E-state index in [1.807, 2.05) is 30.5 Å². The Balaban J connectivity index is 2.13. The van der Waals surface area contributed by atoms with Gasteiger partial charge in [-0.1, -0.05) is 60.1 Å². The second-order valence-corrected chi connectivity index (χ2v) is 7.99. The van der Waals surface area contributed by atoms with Crippen LogP contribution >= 0.6 is 35.0 Å². The van der Waals surface area contributed by atoms with E-state index in [1.165, 1.54) is 11.8 Å². The average molecular weight is 448 g/mol. The summed E-state index contributed by atoms with van der Waals surface area (Å²) in [5.74, 6) is -0.121. The Morgan fingerprint density at radius 3 is 2.72 bits per heavy atom. The van der Waals surface area contributed by atoms with Gasteiger partial charge in [-0.05, 0) is 35.2 Å². The van der Waals surface area contributed by atoms with Gasteiger partial charge in [0.2, 0.25) is 11.1 Å². The van der Waals surface area contributed by atoms with Crippen LogP contribution in [0.25, 0.3) is 11.3 Å². The number of aromatic nitrogens is 3. The molecule has 1 N–H and O–H groups in total. The van der Waals surface area contributed by atoms with Crippen molar-refractivity contribution < 1.29 is 9.48 Å². The second-order valence-electron chi connectivity index (χ2n) is 6.41. The number of H-pyrrole nitrogens is 1. The van der Waals surface area contributed by atoms with E-state index < -0.39 is 6.17 Å². The fourth-order valence-corrected chi connectivity index (χ4v) is 4.27. The fraction of sp³-hybridized carbons (Fsp3) is 0.200. The van der Waals surface area contributed by atoms with Gasteiger partial charge in [-0.15, -0.1) is 0 Å². The zero-order chi connectivity index (χ0) is 20.7. The van der Waals surface area contributed by atoms with Crippen molar-refractivity contribution in [1.82, 2.24) is 10.1 Å². The van der Waals surface area contributed by atoms with Crippen LogP contribution in [0.5, 0.6) is 0 Å². The molecule has 2 heterocycles. The molecule has 0 bridgehead atoms. The number of hydrogen-bond acceptors (Lipinski definition) is 4. The third-order valence-corrected chi connectivity index (χ3v) is 6.19. The lowest BCUT2D eigenvalue weighted by molar-refractivity contribution is -0.763. The van der Waals surface area contributed by atoms with Crippen LogP contribution in [-0.4, -0.2) is 22.2 Å². The highest BCUT2D eigenvalue weighted by Gasteiger charge is 2.46. The maximum absolute atomic E-state index is 13.1. The van der Waals surface area contributed by atoms with Crippen LogP contribution < -0.4 is 15.1 Å². The minimum atomic E-state index is -0.744. The molecule has 0 radical (unpaired) electrons. The quantitative estimate of drug-likeness (QED) is 0.485. The molecular weight excluding hydrogens is 431 g/mol. The van der Waals surface area contributed by atoms with Crippen molar-refractivity contribution in [3.63, 3.8) is 0 Å². The van der Waals surface area contributed by atoms with Crippen LogP contribution in [0.4, 0.5) is 5.69 Å². The largest absolute Gasteiger partial charge is 0.325 e. The molecule has 1 aliphatic heterocycles. The minimum Gasteiger partial charge on any atom is -0.291 e. The Morgan fingerprint density at radius 1 is 1.24 bits per heavy atom. The summed E-state index contributed by atoms with van der Waals surface area (Å²) in [5, 5.41) is 5.73. The molecule has 148 valence electrons. The maximum atomic E-state index is 13.1. The Bertz CT molecular complexity index is 1180. The van der Waals surface area contributed by atoms with Gasteiger partial charge in [0, 0.05) is 11.5 Å². The first-order chi connectivity index (χ1) is 14.0. The van der Waals surface area contributed by atoms with E-state index in [2.05, 4.69) is 10.1 Å². The van der Waals surface area contributed by atoms with Gasteiger partial charge in [0.25, 0.3) is 6.17 Å². The molecule has 0 saturated heterocycles. The van der Waals surface area contributed by atoms with Crippen LogP contribution in [0, 0.1) is 0 Å². The van der Waals surface area contributed by atoms with E-state index in [9.17, 15) is 9.59 Å². The lowest BCUT2D eigenvalue weighted by atomic mass is 10.0. The maximum Gasteiger partial charge on any atom is 0.325 e. The van der Waals surface area contributed by atoms with Crippen molar-refractivity contribution >= 4 is 46.6 Å². The first-order valence-corrected chi connectivity index (χ1v) is 10.9. The summed E-state index contributed by atoms with van der Waals surface area (Å²) in [4.78, 5) is 30.5. The van der Waals surface area contributed by atoms with E-state index in [0.717, 1.165) is 0 Å². The number of anilines is 1. The first kappa shape index (κ1) is 19.9. The number of thioether (sulfide) groups is 1. The zero-order valence-corrected chi connectivity index (χ0v) is 18.0. The van der Waals surface area contributed by atoms with Gasteiger partial charge < -0.3 is 0 Å². The van der Waals surface area contributed by atoms with E-state index in [1.54, 1.807) is 34.7 Å². The monoisotopic (exact) mass is 447 g/mol. The number of rotatable bonds is 3. The number of nitrogens with zero attached hydrogens (tertiary/aromatic N) is 3. The summed E-state index contributed by atoms with van der Waals surface area (Å²) in [6.07, 6.45) is 1.35. The van der Waals surface area contributed by atoms with Crippen LogP contribution in [0.15, 0.2) is 52.4 Å². The molecule has 1 amide bonds. The lowest BCUT2D eigenvalue weighted by Gasteiger charge is -2.32. The molecule has 1 aliphatic rings. The fourth-order valence-electron chi connectivity index (χ4n) is 3.50. The number of aromatic amines is 1. The van der Waals surface area contributed by atoms with Gasteiger partial charge in [0.05, 0.1) is 26.9 Å². The minimum absolute atomic E-state index is 0.121. The molecule has 1 aromatic heterocycles. The molecule has 1 unspecified atom stereocenters. The van der Waals surface area contributed by atoms with Crippen molar-refractivity contribution in [2.75, 3.05) is 11.2 Å². The summed E-state index contributed by atoms with van der Waals surface area (Å²) in [6, 6.07) is 12.5. The highest BCUT2D eigenvalue weighted by molar-refractivity contribution is 7.98. The molecule has 3 aromatic rings. The SMILES string of the molecule is CCC(=O)N1c2ccccc2-c2c(=O)[nH]c(SC)n[n+]2C1c1cccc(Cl)c1Cl. The summed E-state index contributed by atoms with van der Waals surface area (Å²) < 4.78 is 1.57. The number of fused-ring (bicyclic) bond motifs is 3. The molecular formula is C20H17Cl2N4O2S+. The van der Waals surface area contributed by atoms with Crippen LogP contribution in [0.2, 0.25) is 10.0 Å². The molecule has 9 heteroatoms. The van der Waals surface area contributed by atoms with Crippen molar-refractivity contribution in [3.05, 3.63) is 68.4 Å². The highest BCUT2D eigenvalue weighted by Crippen LogP contribution is 2.40. The smallest absolute Gasteiger partial charge is 0.291 e. The summed E-state index contributed by atoms with van der Waals surface area (Å²) >= 11 is 14.1. The van der Waals surface area contributed by atoms with Gasteiger partial charge in [-0.2, -0.15) is 0 Å². The first-order valence-electron chi connectivity index (χ1n) is 8.93. The second kappa shape index (κ2) is 7.82. The molecule has 0 aliphatic carbocycles. The number of para-hydroxylation sites is 1. The molecule has 6 nitrogen and oxygen atoms in total. The third-order valence-electron chi connectivity index (χ3n) is 4.78. The van der Waals surface area contributed by atoms with Crippen LogP contribution in [0.3, 0.4) is 0 Å². The van der Waals surface area contributed by atoms with Crippen LogP contribution in [-0.2, 0) is 4.79 Å². The number of carbonyl (C=O) groups excluding carboxylic acids is 1. The van der Waals surface area contributed by atoms with E-state index in [0.29, 0.717) is 37.7 Å². The van der Waals surface area contributed by atoms with E-state index >= 15 is 0 Å². The van der Waals surface area contributed by atoms with Crippen molar-refractivity contribution in [2.45, 2.75) is 24.7 Å². The Labute approximate surface area is 181 Å². The molecule has 1 atom stereocenters. The highest BCUT2D eigenvalue weighted by atomic mass is 35.5. The van der Waals surface area contributed by atoms with Gasteiger partial charge in [0.1, 0.15) is 0 Å². The predicted octanol–water partition coefficient (Wildman–Crippen LogP) is 4.06. The van der Waals surface area contributed by atoms with Crippen molar-refractivity contribution in [3.8, 4) is 11.3 Å². The molecule has 2 aromatic carbocycles. The molecule has 29 heavy (non-hydrogen) atoms. The number of amides is 1. The zero-order valence-electron chi connectivity index (χ0n) is 15.6. The third kappa shape index (κ3) is 3.23. The average Bonchev–Trinajstić information content (AvgIpc) is 2.74. The summed E-state index contributed by atoms with van der Waals surface area (Å²) in [6.45, 7) is 1.79. The number of benzene rings is 2. The Kier molecular flexibility index (Phi) is 5.38. The summed E-state index contributed by atoms with van der Waals surface area (Å²) in [7, 11) is 0. The van der Waals surface area contributed by atoms with E-state index in [-0.39, 0.29) is 17.9 Å². The summed E-state index contributed by atoms with van der Waals surface area (Å²) in [5.41, 5.74) is 1.92. The van der Waals surface area contributed by atoms with Gasteiger partial charge in [-0.3, -0.25) is 14.6 Å². The number of nitrogens with one attached hydrogen (secondary N) is 1. The van der Waals surface area contributed by atoms with E-state index in [4.69, 9.17) is 23.2 Å². The molecule has 0 fully saturated rings. The number of halogens is 2. The lowest BCUT2D eigenvalue weighted by Crippen LogP contribution is -2.61. The molecule has 4 rings (SSSR count). The number of carbonyl (C=O) groups is 1. The molecule has 0 spiro atoms. The van der Waals surface area contributed by atoms with Crippen molar-refractivity contribution in [2.24, 2.45) is 0 Å². The number of hydrogen-bond donors (Lipinski definition) is 1. The Morgan fingerprint density at radius 2 is 2.00 bits per heavy atom. The normalized spacial score (nSPS) is 15.0. The van der Waals surface area contributed by atoms with Gasteiger partial charge >= 0.3 is 11.3 Å². The van der Waals surface area contributed by atoms with Gasteiger partial charge in [0.15, 0.2) is 0 Å². The van der Waals surface area contributed by atoms with Crippen molar-refractivity contribution in [1.29, 1.82) is 0 Å². The topological polar surface area (TPSA) is 69.9 Å². The standard InChI is InChI=1S/C20H16Cl2N4O2S/c1-3-15(27)25-14-10-5-4-7-11(14)17-18(28)23-20(29-2)24-26(17)19(25)12-8-6-9-13(21)16(12)22/h4-10,19H,3H2,1-2H3/p+1. The molecule has 0 saturated carbocycles.